The average molecular weight is 344 g/mol. The average Bonchev–Trinajstić information content (AvgIpc) is 2.94. The fraction of sp³-hybridized carbons (Fsp3) is 0.176. The third-order valence-electron chi connectivity index (χ3n) is 3.21. The van der Waals surface area contributed by atoms with Crippen LogP contribution in [0.3, 0.4) is 0 Å². The molecule has 3 aromatic rings. The maximum Gasteiger partial charge on any atom is 0.417 e. The molecule has 2 N–H and O–H groups in total. The first kappa shape index (κ1) is 16.2. The Morgan fingerprint density at radius 1 is 1.25 bits per heavy atom. The second kappa shape index (κ2) is 7.27. The molecule has 1 heterocycles. The van der Waals surface area contributed by atoms with Gasteiger partial charge in [0.25, 0.3) is 0 Å². The fourth-order valence-corrected chi connectivity index (χ4v) is 2.87. The monoisotopic (exact) mass is 344 g/mol. The van der Waals surface area contributed by atoms with Gasteiger partial charge in [-0.1, -0.05) is 0 Å². The van der Waals surface area contributed by atoms with E-state index in [1.807, 2.05) is 31.2 Å². The quantitative estimate of drug-likeness (QED) is 0.671. The Labute approximate surface area is 142 Å². The van der Waals surface area contributed by atoms with Crippen molar-refractivity contribution in [2.75, 3.05) is 17.7 Å². The number of H-pyrrole nitrogens is 1. The number of carbonyl (C=O) groups is 1. The maximum absolute atomic E-state index is 12.0. The van der Waals surface area contributed by atoms with E-state index in [9.17, 15) is 9.59 Å². The molecule has 0 saturated carbocycles. The van der Waals surface area contributed by atoms with Gasteiger partial charge >= 0.3 is 5.76 Å². The molecule has 1 aromatic heterocycles. The number of carbonyl (C=O) groups excluding carboxylic acids is 1. The van der Waals surface area contributed by atoms with Gasteiger partial charge in [-0.2, -0.15) is 0 Å². The van der Waals surface area contributed by atoms with Gasteiger partial charge in [-0.3, -0.25) is 9.78 Å². The Kier molecular flexibility index (Phi) is 4.90. The Morgan fingerprint density at radius 3 is 2.79 bits per heavy atom. The van der Waals surface area contributed by atoms with Crippen LogP contribution in [0.25, 0.3) is 11.1 Å². The summed E-state index contributed by atoms with van der Waals surface area (Å²) in [4.78, 5) is 26.7. The summed E-state index contributed by atoms with van der Waals surface area (Å²) in [6.07, 6.45) is 0. The Morgan fingerprint density at radius 2 is 2.04 bits per heavy atom. The first-order valence-electron chi connectivity index (χ1n) is 7.42. The number of rotatable bonds is 6. The predicted octanol–water partition coefficient (Wildman–Crippen LogP) is 3.25. The Bertz CT molecular complexity index is 899. The molecular weight excluding hydrogens is 328 g/mol. The summed E-state index contributed by atoms with van der Waals surface area (Å²) < 4.78 is 10.3. The van der Waals surface area contributed by atoms with E-state index in [0.29, 0.717) is 23.4 Å². The molecular formula is C17H16N2O4S. The van der Waals surface area contributed by atoms with Gasteiger partial charge in [0.1, 0.15) is 5.75 Å². The number of oxazole rings is 1. The van der Waals surface area contributed by atoms with Gasteiger partial charge < -0.3 is 14.5 Å². The number of thioether (sulfide) groups is 1. The number of fused-ring (bicyclic) bond motifs is 1. The molecule has 0 aliphatic carbocycles. The van der Waals surface area contributed by atoms with Gasteiger partial charge in [0, 0.05) is 10.6 Å². The van der Waals surface area contributed by atoms with Crippen molar-refractivity contribution in [3.63, 3.8) is 0 Å². The number of hydrogen-bond donors (Lipinski definition) is 2. The number of anilines is 1. The van der Waals surface area contributed by atoms with Crippen LogP contribution >= 0.6 is 11.8 Å². The van der Waals surface area contributed by atoms with Crippen LogP contribution in [0.5, 0.6) is 5.75 Å². The van der Waals surface area contributed by atoms with Crippen molar-refractivity contribution in [2.45, 2.75) is 11.8 Å². The molecule has 1 amide bonds. The summed E-state index contributed by atoms with van der Waals surface area (Å²) >= 11 is 1.44. The summed E-state index contributed by atoms with van der Waals surface area (Å²) in [6, 6.07) is 12.6. The Balaban J connectivity index is 1.57. The highest BCUT2D eigenvalue weighted by atomic mass is 32.2. The van der Waals surface area contributed by atoms with Crippen molar-refractivity contribution in [3.05, 3.63) is 53.0 Å². The maximum atomic E-state index is 12.0. The van der Waals surface area contributed by atoms with Crippen LogP contribution in [0, 0.1) is 0 Å². The molecule has 6 nitrogen and oxygen atoms in total. The van der Waals surface area contributed by atoms with Crippen LogP contribution in [0.15, 0.2) is 56.6 Å². The van der Waals surface area contributed by atoms with E-state index in [0.717, 1.165) is 10.6 Å². The van der Waals surface area contributed by atoms with Crippen LogP contribution in [0.1, 0.15) is 6.92 Å². The van der Waals surface area contributed by atoms with Gasteiger partial charge in [0.2, 0.25) is 5.91 Å². The second-order valence-corrected chi connectivity index (χ2v) is 6.02. The number of hydrogen-bond acceptors (Lipinski definition) is 5. The van der Waals surface area contributed by atoms with Crippen molar-refractivity contribution in [3.8, 4) is 5.75 Å². The summed E-state index contributed by atoms with van der Waals surface area (Å²) in [5.41, 5.74) is 1.62. The smallest absolute Gasteiger partial charge is 0.417 e. The molecule has 0 fully saturated rings. The lowest BCUT2D eigenvalue weighted by Gasteiger charge is -2.06. The minimum atomic E-state index is -0.514. The molecule has 7 heteroatoms. The van der Waals surface area contributed by atoms with Gasteiger partial charge in [0.05, 0.1) is 17.9 Å². The zero-order chi connectivity index (χ0) is 16.9. The summed E-state index contributed by atoms with van der Waals surface area (Å²) in [5.74, 6) is 0.459. The van der Waals surface area contributed by atoms with Gasteiger partial charge in [-0.15, -0.1) is 11.8 Å². The number of amides is 1. The third-order valence-corrected chi connectivity index (χ3v) is 4.22. The molecule has 24 heavy (non-hydrogen) atoms. The molecule has 0 radical (unpaired) electrons. The highest BCUT2D eigenvalue weighted by molar-refractivity contribution is 8.00. The number of ether oxygens (including phenoxy) is 1. The number of benzene rings is 2. The van der Waals surface area contributed by atoms with E-state index < -0.39 is 5.76 Å². The zero-order valence-corrected chi connectivity index (χ0v) is 13.8. The number of aromatic nitrogens is 1. The van der Waals surface area contributed by atoms with E-state index in [-0.39, 0.29) is 11.7 Å². The van der Waals surface area contributed by atoms with Crippen LogP contribution in [0.2, 0.25) is 0 Å². The van der Waals surface area contributed by atoms with Crippen molar-refractivity contribution in [2.24, 2.45) is 0 Å². The molecule has 0 aliphatic heterocycles. The van der Waals surface area contributed by atoms with Crippen molar-refractivity contribution >= 4 is 34.5 Å². The summed E-state index contributed by atoms with van der Waals surface area (Å²) in [5, 5.41) is 2.80. The fourth-order valence-electron chi connectivity index (χ4n) is 2.17. The van der Waals surface area contributed by atoms with Gasteiger partial charge in [-0.25, -0.2) is 4.79 Å². The molecule has 0 saturated heterocycles. The predicted molar refractivity (Wildman–Crippen MR) is 93.8 cm³/mol. The second-order valence-electron chi connectivity index (χ2n) is 4.97. The molecule has 0 bridgehead atoms. The van der Waals surface area contributed by atoms with Crippen LogP contribution in [0.4, 0.5) is 5.69 Å². The molecule has 2 aromatic carbocycles. The normalized spacial score (nSPS) is 10.7. The highest BCUT2D eigenvalue weighted by Crippen LogP contribution is 2.22. The zero-order valence-electron chi connectivity index (χ0n) is 13.0. The highest BCUT2D eigenvalue weighted by Gasteiger charge is 2.07. The lowest BCUT2D eigenvalue weighted by atomic mass is 10.3. The largest absolute Gasteiger partial charge is 0.494 e. The van der Waals surface area contributed by atoms with E-state index in [2.05, 4.69) is 10.3 Å². The first-order chi connectivity index (χ1) is 11.6. The lowest BCUT2D eigenvalue weighted by Crippen LogP contribution is -2.13. The van der Waals surface area contributed by atoms with Crippen molar-refractivity contribution in [1.29, 1.82) is 0 Å². The van der Waals surface area contributed by atoms with Crippen molar-refractivity contribution < 1.29 is 13.9 Å². The summed E-state index contributed by atoms with van der Waals surface area (Å²) in [6.45, 7) is 2.56. The van der Waals surface area contributed by atoms with Crippen molar-refractivity contribution in [1.82, 2.24) is 4.98 Å². The summed E-state index contributed by atoms with van der Waals surface area (Å²) in [7, 11) is 0. The van der Waals surface area contributed by atoms with E-state index >= 15 is 0 Å². The molecule has 124 valence electrons. The van der Waals surface area contributed by atoms with Gasteiger partial charge in [-0.05, 0) is 49.4 Å². The van der Waals surface area contributed by atoms with Crippen LogP contribution in [-0.2, 0) is 4.79 Å². The van der Waals surface area contributed by atoms with E-state index in [1.165, 1.54) is 11.8 Å². The minimum Gasteiger partial charge on any atom is -0.494 e. The first-order valence-corrected chi connectivity index (χ1v) is 8.41. The third kappa shape index (κ3) is 3.99. The number of nitrogens with one attached hydrogen (secondary N) is 2. The number of aromatic amines is 1. The topological polar surface area (TPSA) is 84.3 Å². The molecule has 0 unspecified atom stereocenters. The molecule has 3 rings (SSSR count). The SMILES string of the molecule is CCOc1ccc(SCC(=O)Nc2ccc3oc(=O)[nH]c3c2)cc1. The van der Waals surface area contributed by atoms with E-state index in [1.54, 1.807) is 18.2 Å². The van der Waals surface area contributed by atoms with E-state index in [4.69, 9.17) is 9.15 Å². The van der Waals surface area contributed by atoms with Crippen LogP contribution in [-0.4, -0.2) is 23.3 Å². The van der Waals surface area contributed by atoms with Crippen LogP contribution < -0.4 is 15.8 Å². The van der Waals surface area contributed by atoms with Gasteiger partial charge in [0.15, 0.2) is 5.58 Å². The lowest BCUT2D eigenvalue weighted by molar-refractivity contribution is -0.113. The standard InChI is InChI=1S/C17H16N2O4S/c1-2-22-12-4-6-13(7-5-12)24-10-16(20)18-11-3-8-15-14(9-11)19-17(21)23-15/h3-9H,2,10H2,1H3,(H,18,20)(H,19,21). The minimum absolute atomic E-state index is 0.126. The Hall–Kier alpha value is -2.67. The molecule has 0 atom stereocenters. The molecule has 0 spiro atoms. The molecule has 0 aliphatic rings.